The van der Waals surface area contributed by atoms with E-state index in [0.717, 1.165) is 44.8 Å². The molecular weight excluding hydrogens is 594 g/mol. The minimum absolute atomic E-state index is 0.00927. The molecule has 0 aliphatic carbocycles. The lowest BCUT2D eigenvalue weighted by Crippen LogP contribution is -2.17. The second-order valence-corrected chi connectivity index (χ2v) is 15.8. The van der Waals surface area contributed by atoms with Crippen molar-refractivity contribution in [3.63, 3.8) is 0 Å². The van der Waals surface area contributed by atoms with Gasteiger partial charge in [-0.2, -0.15) is 4.98 Å². The number of pyridine rings is 2. The molecule has 0 aliphatic rings. The molecule has 0 spiro atoms. The third-order valence-electron chi connectivity index (χ3n) is 9.01. The minimum atomic E-state index is -0.227. The predicted octanol–water partition coefficient (Wildman–Crippen LogP) is 10.3. The molecule has 0 fully saturated rings. The van der Waals surface area contributed by atoms with E-state index in [9.17, 15) is 5.11 Å². The monoisotopic (exact) mass is 637 g/mol. The number of ether oxygens (including phenoxy) is 1. The Labute approximate surface area is 281 Å². The number of aromatic hydroxyl groups is 1. The van der Waals surface area contributed by atoms with Crippen molar-refractivity contribution in [1.29, 1.82) is 0 Å². The fraction of sp³-hybridized carbons (Fsp3) is 0.293. The standard InChI is InChI=1S/C41H43N5O2/c1-39(2,3)26-16-17-31-33(24-26)45-32-18-19-35(44-37(32)46(38(45)43-31)34-15-10-11-20-42-34)48-28-14-12-13-25(21-28)29-22-27(40(4,5)6)23-30(36(29)47)41(7,8)9/h10-24,47H,1-9H3. The van der Waals surface area contributed by atoms with Gasteiger partial charge in [-0.05, 0) is 81.5 Å². The molecule has 4 heterocycles. The molecule has 3 aromatic carbocycles. The second kappa shape index (κ2) is 10.9. The van der Waals surface area contributed by atoms with Gasteiger partial charge in [-0.15, -0.1) is 0 Å². The zero-order valence-corrected chi connectivity index (χ0v) is 29.3. The fourth-order valence-corrected chi connectivity index (χ4v) is 6.23. The number of imidazole rings is 2. The van der Waals surface area contributed by atoms with E-state index in [-0.39, 0.29) is 16.2 Å². The molecule has 0 saturated carbocycles. The molecule has 0 unspecified atom stereocenters. The van der Waals surface area contributed by atoms with E-state index < -0.39 is 0 Å². The van der Waals surface area contributed by atoms with Crippen LogP contribution in [0.4, 0.5) is 0 Å². The van der Waals surface area contributed by atoms with Gasteiger partial charge < -0.3 is 9.84 Å². The first-order valence-corrected chi connectivity index (χ1v) is 16.5. The molecule has 0 bridgehead atoms. The van der Waals surface area contributed by atoms with Crippen molar-refractivity contribution in [3.8, 4) is 34.3 Å². The van der Waals surface area contributed by atoms with Crippen LogP contribution < -0.4 is 4.74 Å². The van der Waals surface area contributed by atoms with E-state index >= 15 is 0 Å². The molecule has 4 aromatic heterocycles. The van der Waals surface area contributed by atoms with E-state index in [2.05, 4.69) is 102 Å². The van der Waals surface area contributed by atoms with E-state index in [1.807, 2.05) is 59.2 Å². The lowest BCUT2D eigenvalue weighted by atomic mass is 9.78. The summed E-state index contributed by atoms with van der Waals surface area (Å²) in [6.07, 6.45) is 1.78. The lowest BCUT2D eigenvalue weighted by Gasteiger charge is -2.27. The highest BCUT2D eigenvalue weighted by atomic mass is 16.5. The first-order chi connectivity index (χ1) is 22.6. The summed E-state index contributed by atoms with van der Waals surface area (Å²) in [6, 6.07) is 28.3. The van der Waals surface area contributed by atoms with Crippen LogP contribution in [0.25, 0.3) is 44.9 Å². The van der Waals surface area contributed by atoms with Gasteiger partial charge >= 0.3 is 0 Å². The molecule has 244 valence electrons. The number of hydrogen-bond donors (Lipinski definition) is 1. The molecular formula is C41H43N5O2. The van der Waals surface area contributed by atoms with Crippen LogP contribution in [0.3, 0.4) is 0 Å². The lowest BCUT2D eigenvalue weighted by molar-refractivity contribution is 0.446. The van der Waals surface area contributed by atoms with Gasteiger partial charge in [0.1, 0.15) is 17.3 Å². The molecule has 7 rings (SSSR count). The summed E-state index contributed by atoms with van der Waals surface area (Å²) < 4.78 is 10.6. The van der Waals surface area contributed by atoms with E-state index in [0.29, 0.717) is 23.0 Å². The summed E-state index contributed by atoms with van der Waals surface area (Å²) in [5, 5.41) is 11.5. The number of phenols is 1. The Morgan fingerprint density at radius 1 is 0.667 bits per heavy atom. The van der Waals surface area contributed by atoms with Crippen LogP contribution in [0.1, 0.15) is 79.0 Å². The van der Waals surface area contributed by atoms with Crippen LogP contribution >= 0.6 is 0 Å². The van der Waals surface area contributed by atoms with Crippen molar-refractivity contribution < 1.29 is 9.84 Å². The minimum Gasteiger partial charge on any atom is -0.507 e. The van der Waals surface area contributed by atoms with Gasteiger partial charge in [0.15, 0.2) is 5.65 Å². The highest BCUT2D eigenvalue weighted by Gasteiger charge is 2.26. The topological polar surface area (TPSA) is 77.5 Å². The second-order valence-electron chi connectivity index (χ2n) is 15.8. The zero-order valence-electron chi connectivity index (χ0n) is 29.3. The highest BCUT2D eigenvalue weighted by Crippen LogP contribution is 2.43. The first-order valence-electron chi connectivity index (χ1n) is 16.5. The Balaban J connectivity index is 1.36. The van der Waals surface area contributed by atoms with Crippen molar-refractivity contribution in [1.82, 2.24) is 23.9 Å². The Bertz CT molecular complexity index is 2330. The summed E-state index contributed by atoms with van der Waals surface area (Å²) in [5.74, 6) is 2.82. The molecule has 0 saturated heterocycles. The van der Waals surface area contributed by atoms with Crippen molar-refractivity contribution >= 4 is 28.0 Å². The molecule has 0 radical (unpaired) electrons. The number of benzene rings is 3. The highest BCUT2D eigenvalue weighted by molar-refractivity contribution is 5.91. The van der Waals surface area contributed by atoms with Crippen LogP contribution in [0.2, 0.25) is 0 Å². The fourth-order valence-electron chi connectivity index (χ4n) is 6.23. The van der Waals surface area contributed by atoms with E-state index in [1.54, 1.807) is 6.20 Å². The Kier molecular flexibility index (Phi) is 7.17. The van der Waals surface area contributed by atoms with Gasteiger partial charge in [-0.25, -0.2) is 14.5 Å². The van der Waals surface area contributed by atoms with Crippen LogP contribution in [0.15, 0.2) is 91.1 Å². The SMILES string of the molecule is CC(C)(C)c1cc(-c2cccc(Oc3ccc4c(n3)n(-c3ccccn3)c3nc5ccc(C(C)(C)C)cc5n43)c2)c(O)c(C(C)(C)C)c1. The van der Waals surface area contributed by atoms with E-state index in [4.69, 9.17) is 14.7 Å². The van der Waals surface area contributed by atoms with Crippen LogP contribution in [-0.2, 0) is 16.2 Å². The molecule has 0 aliphatic heterocycles. The number of phenolic OH excluding ortho intramolecular Hbond substituents is 1. The molecule has 7 heteroatoms. The van der Waals surface area contributed by atoms with Gasteiger partial charge in [0.05, 0.1) is 16.6 Å². The summed E-state index contributed by atoms with van der Waals surface area (Å²) >= 11 is 0. The number of aromatic nitrogens is 5. The third-order valence-corrected chi connectivity index (χ3v) is 9.01. The van der Waals surface area contributed by atoms with Crippen molar-refractivity contribution in [2.45, 2.75) is 78.6 Å². The van der Waals surface area contributed by atoms with Gasteiger partial charge in [0, 0.05) is 23.4 Å². The first kappa shape index (κ1) is 31.4. The maximum Gasteiger partial charge on any atom is 0.223 e. The third kappa shape index (κ3) is 5.47. The van der Waals surface area contributed by atoms with Crippen LogP contribution in [-0.4, -0.2) is 29.0 Å². The zero-order chi connectivity index (χ0) is 34.2. The summed E-state index contributed by atoms with van der Waals surface area (Å²) in [7, 11) is 0. The Morgan fingerprint density at radius 3 is 2.12 bits per heavy atom. The van der Waals surface area contributed by atoms with Crippen LogP contribution in [0, 0.1) is 0 Å². The number of nitrogens with zero attached hydrogens (tertiary/aromatic N) is 5. The van der Waals surface area contributed by atoms with Crippen molar-refractivity contribution in [3.05, 3.63) is 108 Å². The maximum atomic E-state index is 11.5. The quantitative estimate of drug-likeness (QED) is 0.208. The largest absolute Gasteiger partial charge is 0.507 e. The number of fused-ring (bicyclic) bond motifs is 5. The summed E-state index contributed by atoms with van der Waals surface area (Å²) in [4.78, 5) is 14.8. The number of hydrogen-bond acceptors (Lipinski definition) is 5. The van der Waals surface area contributed by atoms with Crippen molar-refractivity contribution in [2.75, 3.05) is 0 Å². The van der Waals surface area contributed by atoms with Gasteiger partial charge in [0.2, 0.25) is 11.7 Å². The van der Waals surface area contributed by atoms with Gasteiger partial charge in [0.25, 0.3) is 0 Å². The number of rotatable bonds is 4. The molecule has 7 aromatic rings. The molecule has 0 atom stereocenters. The van der Waals surface area contributed by atoms with Crippen LogP contribution in [0.5, 0.6) is 17.4 Å². The van der Waals surface area contributed by atoms with Crippen molar-refractivity contribution in [2.24, 2.45) is 0 Å². The molecule has 48 heavy (non-hydrogen) atoms. The molecule has 0 amide bonds. The van der Waals surface area contributed by atoms with Gasteiger partial charge in [-0.1, -0.05) is 92.6 Å². The predicted molar refractivity (Wildman–Crippen MR) is 195 cm³/mol. The molecule has 7 nitrogen and oxygen atoms in total. The smallest absolute Gasteiger partial charge is 0.223 e. The normalized spacial score (nSPS) is 12.8. The molecule has 1 N–H and O–H groups in total. The summed E-state index contributed by atoms with van der Waals surface area (Å²) in [5.41, 5.74) is 8.19. The van der Waals surface area contributed by atoms with E-state index in [1.165, 1.54) is 11.1 Å². The average molecular weight is 638 g/mol. The summed E-state index contributed by atoms with van der Waals surface area (Å²) in [6.45, 7) is 19.6. The van der Waals surface area contributed by atoms with Gasteiger partial charge in [-0.3, -0.25) is 4.40 Å². The Morgan fingerprint density at radius 2 is 1.44 bits per heavy atom. The Hall–Kier alpha value is -5.17. The average Bonchev–Trinajstić information content (AvgIpc) is 3.53. The maximum absolute atomic E-state index is 11.5.